The summed E-state index contributed by atoms with van der Waals surface area (Å²) < 4.78 is 0. The lowest BCUT2D eigenvalue weighted by molar-refractivity contribution is 0.232. The van der Waals surface area contributed by atoms with Gasteiger partial charge in [-0.3, -0.25) is 0 Å². The highest BCUT2D eigenvalue weighted by molar-refractivity contribution is 7.09. The molecule has 1 N–H and O–H groups in total. The summed E-state index contributed by atoms with van der Waals surface area (Å²) in [5.41, 5.74) is 1.47. The van der Waals surface area contributed by atoms with Gasteiger partial charge < -0.3 is 5.32 Å². The first-order valence-corrected chi connectivity index (χ1v) is 7.02. The van der Waals surface area contributed by atoms with E-state index in [0.29, 0.717) is 11.5 Å². The number of rotatable bonds is 6. The zero-order valence-electron chi connectivity index (χ0n) is 11.1. The van der Waals surface area contributed by atoms with Gasteiger partial charge in [-0.25, -0.2) is 4.98 Å². The van der Waals surface area contributed by atoms with Gasteiger partial charge in [-0.2, -0.15) is 0 Å². The molecule has 1 atom stereocenters. The SMILES string of the molecule is CCNC(Cc1nc(C)cs1)C(C)(C)CC. The summed E-state index contributed by atoms with van der Waals surface area (Å²) in [6.45, 7) is 12.2. The van der Waals surface area contributed by atoms with E-state index in [2.05, 4.69) is 50.3 Å². The molecule has 0 amide bonds. The van der Waals surface area contributed by atoms with Crippen LogP contribution in [0.2, 0.25) is 0 Å². The number of aryl methyl sites for hydroxylation is 1. The summed E-state index contributed by atoms with van der Waals surface area (Å²) in [5, 5.41) is 6.99. The van der Waals surface area contributed by atoms with Crippen LogP contribution < -0.4 is 5.32 Å². The standard InChI is InChI=1S/C13H24N2S/c1-6-13(4,5)11(14-7-2)8-12-15-10(3)9-16-12/h9,11,14H,6-8H2,1-5H3. The fourth-order valence-electron chi connectivity index (χ4n) is 1.79. The molecule has 2 nitrogen and oxygen atoms in total. The molecule has 0 fully saturated rings. The average Bonchev–Trinajstić information content (AvgIpc) is 2.63. The maximum absolute atomic E-state index is 4.56. The van der Waals surface area contributed by atoms with Gasteiger partial charge in [-0.15, -0.1) is 11.3 Å². The van der Waals surface area contributed by atoms with Gasteiger partial charge in [0.2, 0.25) is 0 Å². The Morgan fingerprint density at radius 3 is 2.56 bits per heavy atom. The Morgan fingerprint density at radius 2 is 2.12 bits per heavy atom. The largest absolute Gasteiger partial charge is 0.313 e. The number of likely N-dealkylation sites (N-methyl/N-ethyl adjacent to an activating group) is 1. The summed E-state index contributed by atoms with van der Waals surface area (Å²) in [5.74, 6) is 0. The molecule has 0 saturated heterocycles. The maximum Gasteiger partial charge on any atom is 0.0943 e. The predicted octanol–water partition coefficient (Wildman–Crippen LogP) is 3.41. The van der Waals surface area contributed by atoms with Crippen LogP contribution in [0.15, 0.2) is 5.38 Å². The van der Waals surface area contributed by atoms with Crippen molar-refractivity contribution in [3.63, 3.8) is 0 Å². The third-order valence-electron chi connectivity index (χ3n) is 3.35. The Bertz CT molecular complexity index is 317. The average molecular weight is 240 g/mol. The molecule has 0 radical (unpaired) electrons. The molecule has 1 heterocycles. The van der Waals surface area contributed by atoms with Gasteiger partial charge in [0.25, 0.3) is 0 Å². The van der Waals surface area contributed by atoms with Crippen molar-refractivity contribution in [1.82, 2.24) is 10.3 Å². The van der Waals surface area contributed by atoms with E-state index < -0.39 is 0 Å². The van der Waals surface area contributed by atoms with Crippen molar-refractivity contribution in [3.05, 3.63) is 16.1 Å². The van der Waals surface area contributed by atoms with Crippen molar-refractivity contribution < 1.29 is 0 Å². The summed E-state index contributed by atoms with van der Waals surface area (Å²) in [7, 11) is 0. The zero-order valence-corrected chi connectivity index (χ0v) is 11.9. The van der Waals surface area contributed by atoms with Crippen molar-refractivity contribution in [2.75, 3.05) is 6.54 Å². The molecule has 92 valence electrons. The van der Waals surface area contributed by atoms with E-state index in [0.717, 1.165) is 18.7 Å². The third-order valence-corrected chi connectivity index (χ3v) is 4.34. The molecule has 0 saturated carbocycles. The van der Waals surface area contributed by atoms with E-state index in [1.54, 1.807) is 11.3 Å². The second-order valence-corrected chi connectivity index (χ2v) is 5.98. The van der Waals surface area contributed by atoms with Crippen LogP contribution in [0.1, 0.15) is 44.8 Å². The monoisotopic (exact) mass is 240 g/mol. The Morgan fingerprint density at radius 1 is 1.44 bits per heavy atom. The number of hydrogen-bond donors (Lipinski definition) is 1. The molecule has 0 aliphatic rings. The lowest BCUT2D eigenvalue weighted by Gasteiger charge is -2.33. The summed E-state index contributed by atoms with van der Waals surface area (Å²) in [6, 6.07) is 0.521. The molecule has 0 aliphatic carbocycles. The van der Waals surface area contributed by atoms with Crippen molar-refractivity contribution in [1.29, 1.82) is 0 Å². The van der Waals surface area contributed by atoms with E-state index in [1.165, 1.54) is 11.4 Å². The molecule has 0 spiro atoms. The van der Waals surface area contributed by atoms with Crippen molar-refractivity contribution >= 4 is 11.3 Å². The highest BCUT2D eigenvalue weighted by atomic mass is 32.1. The van der Waals surface area contributed by atoms with Crippen LogP contribution in [-0.4, -0.2) is 17.6 Å². The highest BCUT2D eigenvalue weighted by Gasteiger charge is 2.27. The minimum atomic E-state index is 0.329. The molecule has 1 rings (SSSR count). The number of thiazole rings is 1. The lowest BCUT2D eigenvalue weighted by atomic mass is 9.80. The molecule has 0 aromatic carbocycles. The summed E-state index contributed by atoms with van der Waals surface area (Å²) in [4.78, 5) is 4.56. The highest BCUT2D eigenvalue weighted by Crippen LogP contribution is 2.28. The second kappa shape index (κ2) is 5.78. The molecular weight excluding hydrogens is 216 g/mol. The van der Waals surface area contributed by atoms with Gasteiger partial charge in [-0.1, -0.05) is 27.7 Å². The second-order valence-electron chi connectivity index (χ2n) is 5.04. The molecule has 1 aromatic rings. The number of nitrogens with one attached hydrogen (secondary N) is 1. The van der Waals surface area contributed by atoms with E-state index in [1.807, 2.05) is 0 Å². The number of hydrogen-bond acceptors (Lipinski definition) is 3. The van der Waals surface area contributed by atoms with Crippen LogP contribution in [0.4, 0.5) is 0 Å². The quantitative estimate of drug-likeness (QED) is 0.824. The lowest BCUT2D eigenvalue weighted by Crippen LogP contribution is -2.43. The fraction of sp³-hybridized carbons (Fsp3) is 0.769. The van der Waals surface area contributed by atoms with Gasteiger partial charge in [-0.05, 0) is 25.3 Å². The van der Waals surface area contributed by atoms with Crippen molar-refractivity contribution in [2.24, 2.45) is 5.41 Å². The predicted molar refractivity (Wildman–Crippen MR) is 72.1 cm³/mol. The summed E-state index contributed by atoms with van der Waals surface area (Å²) >= 11 is 1.78. The molecule has 3 heteroatoms. The van der Waals surface area contributed by atoms with E-state index in [-0.39, 0.29) is 0 Å². The minimum absolute atomic E-state index is 0.329. The first-order chi connectivity index (χ1) is 7.49. The third kappa shape index (κ3) is 3.56. The Kier molecular flexibility index (Phi) is 4.93. The zero-order chi connectivity index (χ0) is 12.2. The van der Waals surface area contributed by atoms with Crippen LogP contribution in [0, 0.1) is 12.3 Å². The molecule has 1 unspecified atom stereocenters. The van der Waals surface area contributed by atoms with Crippen LogP contribution in [0.3, 0.4) is 0 Å². The van der Waals surface area contributed by atoms with Crippen molar-refractivity contribution in [2.45, 2.75) is 53.5 Å². The number of nitrogens with zero attached hydrogens (tertiary/aromatic N) is 1. The van der Waals surface area contributed by atoms with Gasteiger partial charge in [0.1, 0.15) is 0 Å². The molecule has 1 aromatic heterocycles. The normalized spacial score (nSPS) is 14.1. The molecule has 16 heavy (non-hydrogen) atoms. The smallest absolute Gasteiger partial charge is 0.0943 e. The topological polar surface area (TPSA) is 24.9 Å². The van der Waals surface area contributed by atoms with Gasteiger partial charge in [0.15, 0.2) is 0 Å². The fourth-order valence-corrected chi connectivity index (χ4v) is 2.61. The minimum Gasteiger partial charge on any atom is -0.313 e. The van der Waals surface area contributed by atoms with E-state index in [4.69, 9.17) is 0 Å². The van der Waals surface area contributed by atoms with Gasteiger partial charge in [0, 0.05) is 23.5 Å². The van der Waals surface area contributed by atoms with Crippen LogP contribution >= 0.6 is 11.3 Å². The van der Waals surface area contributed by atoms with Gasteiger partial charge in [0.05, 0.1) is 5.01 Å². The van der Waals surface area contributed by atoms with Crippen LogP contribution in [0.5, 0.6) is 0 Å². The summed E-state index contributed by atoms with van der Waals surface area (Å²) in [6.07, 6.45) is 2.24. The van der Waals surface area contributed by atoms with Crippen molar-refractivity contribution in [3.8, 4) is 0 Å². The van der Waals surface area contributed by atoms with Crippen LogP contribution in [0.25, 0.3) is 0 Å². The molecule has 0 aliphatic heterocycles. The molecule has 0 bridgehead atoms. The van der Waals surface area contributed by atoms with Gasteiger partial charge >= 0.3 is 0 Å². The molecular formula is C13H24N2S. The van der Waals surface area contributed by atoms with Crippen LogP contribution in [-0.2, 0) is 6.42 Å². The van der Waals surface area contributed by atoms with E-state index >= 15 is 0 Å². The Labute approximate surface area is 103 Å². The first kappa shape index (κ1) is 13.7. The Hall–Kier alpha value is -0.410. The Balaban J connectivity index is 2.71. The maximum atomic E-state index is 4.56. The first-order valence-electron chi connectivity index (χ1n) is 6.14. The number of aromatic nitrogens is 1. The van der Waals surface area contributed by atoms with E-state index in [9.17, 15) is 0 Å².